The summed E-state index contributed by atoms with van der Waals surface area (Å²) in [6.07, 6.45) is 0.897. The second kappa shape index (κ2) is 3.69. The standard InChI is InChI=1S/C12H23NO2/c1-9(2)12(6)7-8-13(12)10(14)15-11(3,4)5/h9H,7-8H2,1-6H3. The lowest BCUT2D eigenvalue weighted by Gasteiger charge is -2.53. The summed E-state index contributed by atoms with van der Waals surface area (Å²) in [6, 6.07) is 0. The van der Waals surface area contributed by atoms with E-state index in [1.54, 1.807) is 0 Å². The lowest BCUT2D eigenvalue weighted by molar-refractivity contribution is -0.0556. The van der Waals surface area contributed by atoms with Gasteiger partial charge in [0.15, 0.2) is 0 Å². The molecule has 1 heterocycles. The van der Waals surface area contributed by atoms with Crippen LogP contribution in [0.15, 0.2) is 0 Å². The average Bonchev–Trinajstić information content (AvgIpc) is 1.96. The molecular weight excluding hydrogens is 190 g/mol. The summed E-state index contributed by atoms with van der Waals surface area (Å²) in [5.74, 6) is 0.471. The molecule has 1 fully saturated rings. The van der Waals surface area contributed by atoms with Crippen molar-refractivity contribution in [2.24, 2.45) is 5.92 Å². The largest absolute Gasteiger partial charge is 0.444 e. The van der Waals surface area contributed by atoms with Gasteiger partial charge >= 0.3 is 6.09 Å². The van der Waals surface area contributed by atoms with Crippen molar-refractivity contribution in [2.45, 2.75) is 59.1 Å². The van der Waals surface area contributed by atoms with Gasteiger partial charge in [0.25, 0.3) is 0 Å². The van der Waals surface area contributed by atoms with E-state index in [0.717, 1.165) is 13.0 Å². The molecule has 0 aromatic rings. The van der Waals surface area contributed by atoms with Crippen molar-refractivity contribution in [3.63, 3.8) is 0 Å². The molecule has 15 heavy (non-hydrogen) atoms. The highest BCUT2D eigenvalue weighted by Crippen LogP contribution is 2.37. The van der Waals surface area contributed by atoms with Crippen LogP contribution < -0.4 is 0 Å². The zero-order valence-electron chi connectivity index (χ0n) is 10.8. The molecule has 1 aliphatic heterocycles. The summed E-state index contributed by atoms with van der Waals surface area (Å²) in [5, 5.41) is 0. The highest BCUT2D eigenvalue weighted by atomic mass is 16.6. The highest BCUT2D eigenvalue weighted by Gasteiger charge is 2.47. The van der Waals surface area contributed by atoms with E-state index in [-0.39, 0.29) is 11.6 Å². The number of carbonyl (C=O) groups excluding carboxylic acids is 1. The predicted molar refractivity (Wildman–Crippen MR) is 60.8 cm³/mol. The summed E-state index contributed by atoms with van der Waals surface area (Å²) in [7, 11) is 0. The molecule has 0 N–H and O–H groups in total. The van der Waals surface area contributed by atoms with Crippen LogP contribution >= 0.6 is 0 Å². The third-order valence-electron chi connectivity index (χ3n) is 3.32. The Kier molecular flexibility index (Phi) is 3.04. The Hall–Kier alpha value is -0.730. The third kappa shape index (κ3) is 2.44. The number of rotatable bonds is 1. The van der Waals surface area contributed by atoms with Gasteiger partial charge in [0, 0.05) is 12.1 Å². The molecule has 0 aliphatic carbocycles. The quantitative estimate of drug-likeness (QED) is 0.670. The van der Waals surface area contributed by atoms with Crippen LogP contribution in [0.5, 0.6) is 0 Å². The smallest absolute Gasteiger partial charge is 0.410 e. The van der Waals surface area contributed by atoms with Gasteiger partial charge in [0.05, 0.1) is 0 Å². The molecule has 1 atom stereocenters. The lowest BCUT2D eigenvalue weighted by Crippen LogP contribution is -2.63. The molecule has 0 aromatic carbocycles. The summed E-state index contributed by atoms with van der Waals surface area (Å²) >= 11 is 0. The zero-order valence-corrected chi connectivity index (χ0v) is 10.8. The van der Waals surface area contributed by atoms with E-state index in [2.05, 4.69) is 20.8 Å². The molecule has 1 rings (SSSR count). The number of amides is 1. The van der Waals surface area contributed by atoms with Gasteiger partial charge in [0.2, 0.25) is 0 Å². The number of carbonyl (C=O) groups is 1. The minimum Gasteiger partial charge on any atom is -0.444 e. The number of nitrogens with zero attached hydrogens (tertiary/aromatic N) is 1. The van der Waals surface area contributed by atoms with Gasteiger partial charge in [-0.3, -0.25) is 0 Å². The van der Waals surface area contributed by atoms with Crippen LogP contribution in [0.25, 0.3) is 0 Å². The molecule has 1 saturated heterocycles. The Morgan fingerprint density at radius 3 is 2.20 bits per heavy atom. The lowest BCUT2D eigenvalue weighted by atomic mass is 9.77. The molecular formula is C12H23NO2. The van der Waals surface area contributed by atoms with Crippen LogP contribution in [-0.2, 0) is 4.74 Å². The van der Waals surface area contributed by atoms with E-state index in [1.807, 2.05) is 25.7 Å². The van der Waals surface area contributed by atoms with Gasteiger partial charge in [-0.2, -0.15) is 0 Å². The number of hydrogen-bond donors (Lipinski definition) is 0. The normalized spacial score (nSPS) is 26.5. The van der Waals surface area contributed by atoms with Crippen LogP contribution in [0.3, 0.4) is 0 Å². The van der Waals surface area contributed by atoms with Crippen molar-refractivity contribution in [2.75, 3.05) is 6.54 Å². The van der Waals surface area contributed by atoms with E-state index >= 15 is 0 Å². The molecule has 0 aromatic heterocycles. The first-order valence-corrected chi connectivity index (χ1v) is 5.67. The fourth-order valence-electron chi connectivity index (χ4n) is 1.79. The second-order valence-electron chi connectivity index (χ2n) is 5.89. The predicted octanol–water partition coefficient (Wildman–Crippen LogP) is 3.04. The maximum Gasteiger partial charge on any atom is 0.410 e. The monoisotopic (exact) mass is 213 g/mol. The molecule has 3 heteroatoms. The Morgan fingerprint density at radius 1 is 1.40 bits per heavy atom. The van der Waals surface area contributed by atoms with E-state index in [1.165, 1.54) is 0 Å². The molecule has 1 unspecified atom stereocenters. The topological polar surface area (TPSA) is 29.5 Å². The Balaban J connectivity index is 2.63. The summed E-state index contributed by atoms with van der Waals surface area (Å²) < 4.78 is 5.37. The number of ether oxygens (including phenoxy) is 1. The van der Waals surface area contributed by atoms with Gasteiger partial charge in [-0.25, -0.2) is 4.79 Å². The molecule has 1 amide bonds. The maximum absolute atomic E-state index is 11.9. The highest BCUT2D eigenvalue weighted by molar-refractivity contribution is 5.70. The zero-order chi connectivity index (χ0) is 11.9. The molecule has 0 spiro atoms. The van der Waals surface area contributed by atoms with Crippen molar-refractivity contribution in [1.82, 2.24) is 4.90 Å². The van der Waals surface area contributed by atoms with Gasteiger partial charge in [-0.05, 0) is 40.0 Å². The number of likely N-dealkylation sites (tertiary alicyclic amines) is 1. The van der Waals surface area contributed by atoms with Crippen LogP contribution in [-0.4, -0.2) is 28.7 Å². The Labute approximate surface area is 92.8 Å². The SMILES string of the molecule is CC(C)C1(C)CCN1C(=O)OC(C)(C)C. The maximum atomic E-state index is 11.9. The van der Waals surface area contributed by atoms with Crippen molar-refractivity contribution >= 4 is 6.09 Å². The minimum atomic E-state index is -0.398. The van der Waals surface area contributed by atoms with E-state index in [9.17, 15) is 4.79 Å². The Morgan fingerprint density at radius 2 is 1.93 bits per heavy atom. The first-order chi connectivity index (χ1) is 6.67. The molecule has 0 radical (unpaired) electrons. The third-order valence-corrected chi connectivity index (χ3v) is 3.32. The van der Waals surface area contributed by atoms with Crippen molar-refractivity contribution in [3.8, 4) is 0 Å². The summed E-state index contributed by atoms with van der Waals surface area (Å²) in [5.41, 5.74) is -0.410. The van der Waals surface area contributed by atoms with Crippen molar-refractivity contribution in [1.29, 1.82) is 0 Å². The van der Waals surface area contributed by atoms with Crippen molar-refractivity contribution in [3.05, 3.63) is 0 Å². The van der Waals surface area contributed by atoms with Gasteiger partial charge < -0.3 is 9.64 Å². The van der Waals surface area contributed by atoms with E-state index in [4.69, 9.17) is 4.74 Å². The number of hydrogen-bond acceptors (Lipinski definition) is 2. The summed E-state index contributed by atoms with van der Waals surface area (Å²) in [6.45, 7) is 13.0. The second-order valence-corrected chi connectivity index (χ2v) is 5.89. The van der Waals surface area contributed by atoms with Crippen LogP contribution in [0.1, 0.15) is 48.0 Å². The van der Waals surface area contributed by atoms with Crippen LogP contribution in [0, 0.1) is 5.92 Å². The molecule has 88 valence electrons. The average molecular weight is 213 g/mol. The molecule has 0 bridgehead atoms. The van der Waals surface area contributed by atoms with Crippen molar-refractivity contribution < 1.29 is 9.53 Å². The van der Waals surface area contributed by atoms with E-state index < -0.39 is 5.60 Å². The minimum absolute atomic E-state index is 0.0116. The fraction of sp³-hybridized carbons (Fsp3) is 0.917. The van der Waals surface area contributed by atoms with E-state index in [0.29, 0.717) is 5.92 Å². The van der Waals surface area contributed by atoms with Crippen LogP contribution in [0.2, 0.25) is 0 Å². The first kappa shape index (κ1) is 12.3. The van der Waals surface area contributed by atoms with Crippen LogP contribution in [0.4, 0.5) is 4.79 Å². The van der Waals surface area contributed by atoms with Gasteiger partial charge in [0.1, 0.15) is 5.60 Å². The first-order valence-electron chi connectivity index (χ1n) is 5.67. The Bertz CT molecular complexity index is 255. The van der Waals surface area contributed by atoms with Gasteiger partial charge in [-0.1, -0.05) is 13.8 Å². The van der Waals surface area contributed by atoms with Gasteiger partial charge in [-0.15, -0.1) is 0 Å². The summed E-state index contributed by atoms with van der Waals surface area (Å²) in [4.78, 5) is 13.7. The molecule has 0 saturated carbocycles. The fourth-order valence-corrected chi connectivity index (χ4v) is 1.79. The molecule has 3 nitrogen and oxygen atoms in total. The molecule has 1 aliphatic rings.